The van der Waals surface area contributed by atoms with Crippen molar-refractivity contribution in [3.05, 3.63) is 107 Å². The van der Waals surface area contributed by atoms with E-state index in [0.29, 0.717) is 11.4 Å². The van der Waals surface area contributed by atoms with Gasteiger partial charge in [0.05, 0.1) is 0 Å². The molecule has 0 bridgehead atoms. The summed E-state index contributed by atoms with van der Waals surface area (Å²) in [5, 5.41) is 5.09. The van der Waals surface area contributed by atoms with Crippen molar-refractivity contribution in [3.8, 4) is 0 Å². The molecule has 1 aromatic heterocycles. The van der Waals surface area contributed by atoms with Gasteiger partial charge in [0.25, 0.3) is 0 Å². The molecule has 1 N–H and O–H groups in total. The van der Waals surface area contributed by atoms with E-state index in [1.54, 1.807) is 0 Å². The van der Waals surface area contributed by atoms with Crippen LogP contribution in [-0.2, 0) is 18.3 Å². The largest absolute Gasteiger partial charge is 0.354 e. The summed E-state index contributed by atoms with van der Waals surface area (Å²) >= 11 is 6.14. The minimum Gasteiger partial charge on any atom is -0.354 e. The maximum absolute atomic E-state index is 13.1. The Hall–Kier alpha value is -3.04. The number of para-hydroxylation sites is 1. The van der Waals surface area contributed by atoms with E-state index in [-0.39, 0.29) is 17.9 Å². The van der Waals surface area contributed by atoms with E-state index in [1.165, 1.54) is 10.9 Å². The summed E-state index contributed by atoms with van der Waals surface area (Å²) in [6.45, 7) is 2.08. The Morgan fingerprint density at radius 2 is 1.66 bits per heavy atom. The summed E-state index contributed by atoms with van der Waals surface area (Å²) < 4.78 is 2.13. The number of halogens is 1. The van der Waals surface area contributed by atoms with Crippen molar-refractivity contribution in [3.63, 3.8) is 0 Å². The molecule has 3 aromatic carbocycles. The first-order valence-corrected chi connectivity index (χ1v) is 11.5. The molecule has 0 radical (unpaired) electrons. The van der Waals surface area contributed by atoms with Gasteiger partial charge in [-0.1, -0.05) is 72.3 Å². The minimum atomic E-state index is -0.0420. The lowest BCUT2D eigenvalue weighted by molar-refractivity contribution is -0.121. The first kappa shape index (κ1) is 22.2. The number of carbonyl (C=O) groups excluding carboxylic acids is 1. The van der Waals surface area contributed by atoms with E-state index in [2.05, 4.69) is 72.5 Å². The first-order valence-electron chi connectivity index (χ1n) is 11.1. The van der Waals surface area contributed by atoms with Crippen LogP contribution >= 0.6 is 11.6 Å². The van der Waals surface area contributed by atoms with Crippen LogP contribution in [0.2, 0.25) is 5.02 Å². The summed E-state index contributed by atoms with van der Waals surface area (Å²) in [6, 6.07) is 26.7. The second-order valence-corrected chi connectivity index (χ2v) is 8.95. The van der Waals surface area contributed by atoms with Gasteiger partial charge >= 0.3 is 0 Å². The average Bonchev–Trinajstić information content (AvgIpc) is 3.14. The predicted molar refractivity (Wildman–Crippen MR) is 133 cm³/mol. The Kier molecular flexibility index (Phi) is 6.96. The topological polar surface area (TPSA) is 34.0 Å². The lowest BCUT2D eigenvalue weighted by Gasteiger charge is -2.20. The number of carbonyl (C=O) groups is 1. The van der Waals surface area contributed by atoms with Gasteiger partial charge < -0.3 is 9.88 Å². The van der Waals surface area contributed by atoms with Crippen LogP contribution in [0, 0.1) is 0 Å². The third kappa shape index (κ3) is 5.23. The number of aromatic nitrogens is 1. The van der Waals surface area contributed by atoms with E-state index in [9.17, 15) is 4.79 Å². The molecule has 164 valence electrons. The summed E-state index contributed by atoms with van der Waals surface area (Å²) in [7, 11) is 2.05. The Labute approximate surface area is 195 Å². The summed E-state index contributed by atoms with van der Waals surface area (Å²) in [5.41, 5.74) is 4.72. The highest BCUT2D eigenvalue weighted by Crippen LogP contribution is 2.35. The third-order valence-electron chi connectivity index (χ3n) is 6.08. The smallest absolute Gasteiger partial charge is 0.221 e. The van der Waals surface area contributed by atoms with Crippen molar-refractivity contribution in [2.24, 2.45) is 7.05 Å². The first-order chi connectivity index (χ1) is 15.5. The summed E-state index contributed by atoms with van der Waals surface area (Å²) in [6.07, 6.45) is 4.41. The Balaban J connectivity index is 1.53. The minimum absolute atomic E-state index is 0.0420. The molecule has 1 amide bonds. The van der Waals surface area contributed by atoms with E-state index in [0.717, 1.165) is 29.5 Å². The number of aryl methyl sites for hydroxylation is 2. The van der Waals surface area contributed by atoms with Gasteiger partial charge in [0, 0.05) is 47.6 Å². The van der Waals surface area contributed by atoms with Gasteiger partial charge in [0.15, 0.2) is 0 Å². The fraction of sp³-hybridized carbons (Fsp3) is 0.250. The number of nitrogens with zero attached hydrogens (tertiary/aromatic N) is 1. The molecule has 32 heavy (non-hydrogen) atoms. The molecule has 4 aromatic rings. The van der Waals surface area contributed by atoms with E-state index < -0.39 is 0 Å². The number of benzene rings is 3. The SMILES string of the molecule is C[C@H](CCc1ccccc1)NC(=O)C[C@@H](c1ccc(Cl)cc1)c1cn(C)c2ccccc12. The highest BCUT2D eigenvalue weighted by atomic mass is 35.5. The van der Waals surface area contributed by atoms with Gasteiger partial charge in [-0.15, -0.1) is 0 Å². The van der Waals surface area contributed by atoms with Gasteiger partial charge in [-0.25, -0.2) is 0 Å². The number of hydrogen-bond donors (Lipinski definition) is 1. The molecule has 0 fully saturated rings. The molecule has 0 saturated heterocycles. The van der Waals surface area contributed by atoms with Crippen LogP contribution in [0.4, 0.5) is 0 Å². The van der Waals surface area contributed by atoms with Gasteiger partial charge in [-0.2, -0.15) is 0 Å². The van der Waals surface area contributed by atoms with E-state index in [1.807, 2.05) is 36.4 Å². The monoisotopic (exact) mass is 444 g/mol. The molecular weight excluding hydrogens is 416 g/mol. The number of hydrogen-bond acceptors (Lipinski definition) is 1. The van der Waals surface area contributed by atoms with E-state index >= 15 is 0 Å². The molecule has 4 rings (SSSR count). The third-order valence-corrected chi connectivity index (χ3v) is 6.33. The van der Waals surface area contributed by atoms with Gasteiger partial charge in [0.2, 0.25) is 5.91 Å². The van der Waals surface area contributed by atoms with Crippen molar-refractivity contribution in [2.75, 3.05) is 0 Å². The molecule has 0 aliphatic heterocycles. The van der Waals surface area contributed by atoms with Crippen LogP contribution in [0.1, 0.15) is 42.4 Å². The second-order valence-electron chi connectivity index (χ2n) is 8.51. The van der Waals surface area contributed by atoms with Crippen molar-refractivity contribution < 1.29 is 4.79 Å². The van der Waals surface area contributed by atoms with Crippen molar-refractivity contribution in [1.82, 2.24) is 9.88 Å². The highest BCUT2D eigenvalue weighted by Gasteiger charge is 2.23. The van der Waals surface area contributed by atoms with Crippen molar-refractivity contribution >= 4 is 28.4 Å². The predicted octanol–water partition coefficient (Wildman–Crippen LogP) is 6.49. The van der Waals surface area contributed by atoms with Crippen LogP contribution < -0.4 is 5.32 Å². The quantitative estimate of drug-likeness (QED) is 0.331. The fourth-order valence-electron chi connectivity index (χ4n) is 4.37. The molecule has 3 nitrogen and oxygen atoms in total. The molecule has 4 heteroatoms. The lowest BCUT2D eigenvalue weighted by Crippen LogP contribution is -2.33. The maximum Gasteiger partial charge on any atom is 0.221 e. The zero-order valence-electron chi connectivity index (χ0n) is 18.6. The van der Waals surface area contributed by atoms with Gasteiger partial charge in [0.1, 0.15) is 0 Å². The Bertz CT molecular complexity index is 1180. The zero-order chi connectivity index (χ0) is 22.5. The second kappa shape index (κ2) is 10.1. The molecule has 0 spiro atoms. The zero-order valence-corrected chi connectivity index (χ0v) is 19.3. The van der Waals surface area contributed by atoms with Crippen LogP contribution in [0.3, 0.4) is 0 Å². The van der Waals surface area contributed by atoms with Crippen LogP contribution in [0.25, 0.3) is 10.9 Å². The molecule has 0 aliphatic carbocycles. The summed E-state index contributed by atoms with van der Waals surface area (Å²) in [5.74, 6) is 0.0261. The molecular formula is C28H29ClN2O. The van der Waals surface area contributed by atoms with Crippen LogP contribution in [0.15, 0.2) is 85.1 Å². The Morgan fingerprint density at radius 1 is 0.969 bits per heavy atom. The number of nitrogens with one attached hydrogen (secondary N) is 1. The number of rotatable bonds is 8. The summed E-state index contributed by atoms with van der Waals surface area (Å²) in [4.78, 5) is 13.1. The van der Waals surface area contributed by atoms with Crippen LogP contribution in [0.5, 0.6) is 0 Å². The molecule has 0 aliphatic rings. The highest BCUT2D eigenvalue weighted by molar-refractivity contribution is 6.30. The van der Waals surface area contributed by atoms with Gasteiger partial charge in [-0.3, -0.25) is 4.79 Å². The molecule has 1 heterocycles. The molecule has 0 unspecified atom stereocenters. The van der Waals surface area contributed by atoms with Crippen LogP contribution in [-0.4, -0.2) is 16.5 Å². The molecule has 0 saturated carbocycles. The van der Waals surface area contributed by atoms with Crippen molar-refractivity contribution in [2.45, 2.75) is 38.1 Å². The van der Waals surface area contributed by atoms with Gasteiger partial charge in [-0.05, 0) is 54.7 Å². The van der Waals surface area contributed by atoms with Crippen molar-refractivity contribution in [1.29, 1.82) is 0 Å². The lowest BCUT2D eigenvalue weighted by atomic mass is 9.88. The number of amides is 1. The normalized spacial score (nSPS) is 13.1. The fourth-order valence-corrected chi connectivity index (χ4v) is 4.50. The maximum atomic E-state index is 13.1. The average molecular weight is 445 g/mol. The molecule has 2 atom stereocenters. The number of fused-ring (bicyclic) bond motifs is 1. The standard InChI is InChI=1S/C28H29ClN2O/c1-20(12-13-21-8-4-3-5-9-21)30-28(32)18-25(22-14-16-23(29)17-15-22)26-19-31(2)27-11-7-6-10-24(26)27/h3-11,14-17,19-20,25H,12-13,18H2,1-2H3,(H,30,32)/t20-,25+/m1/s1. The Morgan fingerprint density at radius 3 is 2.41 bits per heavy atom. The van der Waals surface area contributed by atoms with E-state index in [4.69, 9.17) is 11.6 Å².